The van der Waals surface area contributed by atoms with E-state index in [-0.39, 0.29) is 16.4 Å². The summed E-state index contributed by atoms with van der Waals surface area (Å²) in [4.78, 5) is 25.7. The molecule has 0 spiro atoms. The summed E-state index contributed by atoms with van der Waals surface area (Å²) in [5, 5.41) is 0.928. The standard InChI is InChI=1S/C26H22O5/c1-4-8-16-13-20(28)30-25-21(16)24-17(11-12-26(2,3)31-24)23-22(25)18(27)14-19(29-23)15-9-6-5-7-10-15/h5-7,9-14H,4,8H2,1-3H3. The Bertz CT molecular complexity index is 1470. The van der Waals surface area contributed by atoms with Crippen LogP contribution >= 0.6 is 0 Å². The first kappa shape index (κ1) is 19.4. The van der Waals surface area contributed by atoms with E-state index in [4.69, 9.17) is 13.6 Å². The third-order valence-corrected chi connectivity index (χ3v) is 5.53. The Kier molecular flexibility index (Phi) is 4.36. The predicted octanol–water partition coefficient (Wildman–Crippen LogP) is 5.70. The van der Waals surface area contributed by atoms with Gasteiger partial charge in [0.2, 0.25) is 0 Å². The minimum absolute atomic E-state index is 0.226. The van der Waals surface area contributed by atoms with Crippen LogP contribution in [0.25, 0.3) is 39.3 Å². The first-order valence-electron chi connectivity index (χ1n) is 10.4. The number of benzene rings is 2. The second-order valence-electron chi connectivity index (χ2n) is 8.37. The van der Waals surface area contributed by atoms with Crippen molar-refractivity contribution in [3.8, 4) is 17.1 Å². The van der Waals surface area contributed by atoms with Crippen LogP contribution in [0.3, 0.4) is 0 Å². The number of aryl methyl sites for hydroxylation is 1. The van der Waals surface area contributed by atoms with Crippen LogP contribution in [-0.2, 0) is 6.42 Å². The Balaban J connectivity index is 1.98. The van der Waals surface area contributed by atoms with E-state index in [1.807, 2.05) is 63.3 Å². The van der Waals surface area contributed by atoms with Gasteiger partial charge in [0.25, 0.3) is 0 Å². The van der Waals surface area contributed by atoms with Crippen molar-refractivity contribution in [2.24, 2.45) is 0 Å². The molecule has 3 heterocycles. The van der Waals surface area contributed by atoms with E-state index in [1.165, 1.54) is 12.1 Å². The van der Waals surface area contributed by atoms with Crippen molar-refractivity contribution in [3.05, 3.63) is 80.3 Å². The highest BCUT2D eigenvalue weighted by Crippen LogP contribution is 2.44. The van der Waals surface area contributed by atoms with Gasteiger partial charge in [0.1, 0.15) is 22.5 Å². The molecule has 4 aromatic rings. The smallest absolute Gasteiger partial charge is 0.336 e. The molecule has 5 heteroatoms. The molecule has 0 radical (unpaired) electrons. The summed E-state index contributed by atoms with van der Waals surface area (Å²) in [6.07, 6.45) is 5.38. The van der Waals surface area contributed by atoms with Gasteiger partial charge in [0.05, 0.1) is 10.9 Å². The number of fused-ring (bicyclic) bond motifs is 6. The molecule has 0 fully saturated rings. The van der Waals surface area contributed by atoms with Crippen molar-refractivity contribution in [3.63, 3.8) is 0 Å². The molecule has 0 aliphatic carbocycles. The molecule has 0 bridgehead atoms. The number of hydrogen-bond acceptors (Lipinski definition) is 5. The van der Waals surface area contributed by atoms with E-state index < -0.39 is 11.2 Å². The molecule has 5 rings (SSSR count). The Hall–Kier alpha value is -3.60. The molecular weight excluding hydrogens is 392 g/mol. The topological polar surface area (TPSA) is 69.7 Å². The lowest BCUT2D eigenvalue weighted by Gasteiger charge is -2.29. The van der Waals surface area contributed by atoms with Gasteiger partial charge in [0, 0.05) is 17.7 Å². The second-order valence-corrected chi connectivity index (χ2v) is 8.37. The van der Waals surface area contributed by atoms with Crippen molar-refractivity contribution < 1.29 is 13.6 Å². The Morgan fingerprint density at radius 3 is 2.45 bits per heavy atom. The highest BCUT2D eigenvalue weighted by Gasteiger charge is 2.30. The fourth-order valence-corrected chi connectivity index (χ4v) is 4.15. The average Bonchev–Trinajstić information content (AvgIpc) is 2.73. The summed E-state index contributed by atoms with van der Waals surface area (Å²) in [6, 6.07) is 12.4. The van der Waals surface area contributed by atoms with Crippen LogP contribution in [0, 0.1) is 0 Å². The van der Waals surface area contributed by atoms with Crippen molar-refractivity contribution in [2.45, 2.75) is 39.2 Å². The third-order valence-electron chi connectivity index (χ3n) is 5.53. The summed E-state index contributed by atoms with van der Waals surface area (Å²) in [7, 11) is 0. The summed E-state index contributed by atoms with van der Waals surface area (Å²) in [5.41, 5.74) is 1.56. The highest BCUT2D eigenvalue weighted by atomic mass is 16.5. The van der Waals surface area contributed by atoms with Gasteiger partial charge in [-0.1, -0.05) is 43.7 Å². The molecule has 1 aliphatic heterocycles. The van der Waals surface area contributed by atoms with Crippen LogP contribution in [0.2, 0.25) is 0 Å². The number of rotatable bonds is 3. The first-order chi connectivity index (χ1) is 14.9. The zero-order valence-corrected chi connectivity index (χ0v) is 17.7. The molecule has 5 nitrogen and oxygen atoms in total. The first-order valence-corrected chi connectivity index (χ1v) is 10.4. The minimum Gasteiger partial charge on any atom is -0.482 e. The molecule has 1 aliphatic rings. The van der Waals surface area contributed by atoms with Crippen molar-refractivity contribution in [2.75, 3.05) is 0 Å². The van der Waals surface area contributed by atoms with Crippen LogP contribution < -0.4 is 15.8 Å². The lowest BCUT2D eigenvalue weighted by molar-refractivity contribution is 0.161. The Morgan fingerprint density at radius 2 is 1.71 bits per heavy atom. The van der Waals surface area contributed by atoms with E-state index in [1.54, 1.807) is 0 Å². The second kappa shape index (κ2) is 6.98. The van der Waals surface area contributed by atoms with Crippen LogP contribution in [0.1, 0.15) is 38.3 Å². The van der Waals surface area contributed by atoms with Crippen molar-refractivity contribution in [1.29, 1.82) is 0 Å². The number of hydrogen-bond donors (Lipinski definition) is 0. The molecule has 2 aromatic heterocycles. The van der Waals surface area contributed by atoms with Crippen LogP contribution in [-0.4, -0.2) is 5.60 Å². The van der Waals surface area contributed by atoms with Gasteiger partial charge in [-0.3, -0.25) is 4.79 Å². The molecule has 31 heavy (non-hydrogen) atoms. The molecule has 0 N–H and O–H groups in total. The predicted molar refractivity (Wildman–Crippen MR) is 122 cm³/mol. The highest BCUT2D eigenvalue weighted by molar-refractivity contribution is 6.11. The third kappa shape index (κ3) is 3.17. The molecule has 156 valence electrons. The molecule has 0 saturated carbocycles. The lowest BCUT2D eigenvalue weighted by atomic mass is 9.94. The van der Waals surface area contributed by atoms with E-state index >= 15 is 0 Å². The monoisotopic (exact) mass is 414 g/mol. The normalized spacial score (nSPS) is 14.5. The lowest BCUT2D eigenvalue weighted by Crippen LogP contribution is -2.28. The summed E-state index contributed by atoms with van der Waals surface area (Å²) in [5.74, 6) is 1.03. The van der Waals surface area contributed by atoms with Gasteiger partial charge in [0.15, 0.2) is 16.6 Å². The fourth-order valence-electron chi connectivity index (χ4n) is 4.15. The summed E-state index contributed by atoms with van der Waals surface area (Å²) >= 11 is 0. The molecule has 0 amide bonds. The Labute approximate surface area is 178 Å². The summed E-state index contributed by atoms with van der Waals surface area (Å²) < 4.78 is 18.2. The van der Waals surface area contributed by atoms with E-state index in [0.717, 1.165) is 17.5 Å². The van der Waals surface area contributed by atoms with E-state index in [9.17, 15) is 9.59 Å². The average molecular weight is 414 g/mol. The maximum Gasteiger partial charge on any atom is 0.336 e. The largest absolute Gasteiger partial charge is 0.482 e. The summed E-state index contributed by atoms with van der Waals surface area (Å²) in [6.45, 7) is 5.95. The van der Waals surface area contributed by atoms with Gasteiger partial charge in [-0.05, 0) is 38.0 Å². The van der Waals surface area contributed by atoms with Crippen LogP contribution in [0.5, 0.6) is 5.75 Å². The zero-order chi connectivity index (χ0) is 21.8. The molecule has 0 atom stereocenters. The van der Waals surface area contributed by atoms with Gasteiger partial charge >= 0.3 is 5.63 Å². The quantitative estimate of drug-likeness (QED) is 0.318. The van der Waals surface area contributed by atoms with Gasteiger partial charge in [-0.2, -0.15) is 0 Å². The minimum atomic E-state index is -0.551. The van der Waals surface area contributed by atoms with Crippen molar-refractivity contribution in [1.82, 2.24) is 0 Å². The van der Waals surface area contributed by atoms with Crippen LogP contribution in [0.15, 0.2) is 67.0 Å². The maximum absolute atomic E-state index is 13.3. The van der Waals surface area contributed by atoms with Gasteiger partial charge < -0.3 is 13.6 Å². The van der Waals surface area contributed by atoms with Gasteiger partial charge in [-0.15, -0.1) is 0 Å². The fraction of sp³-hybridized carbons (Fsp3) is 0.231. The Morgan fingerprint density at radius 1 is 0.935 bits per heavy atom. The van der Waals surface area contributed by atoms with E-state index in [2.05, 4.69) is 0 Å². The van der Waals surface area contributed by atoms with E-state index in [0.29, 0.717) is 34.5 Å². The SMILES string of the molecule is CCCc1cc(=O)oc2c1c1c(c3oc(-c4ccccc4)cc(=O)c32)C=CC(C)(C)O1. The molecule has 0 unspecified atom stereocenters. The van der Waals surface area contributed by atoms with Crippen LogP contribution in [0.4, 0.5) is 0 Å². The molecule has 2 aromatic carbocycles. The molecule has 0 saturated heterocycles. The maximum atomic E-state index is 13.3. The van der Waals surface area contributed by atoms with Crippen molar-refractivity contribution >= 4 is 28.0 Å². The zero-order valence-electron chi connectivity index (χ0n) is 17.7. The van der Waals surface area contributed by atoms with Gasteiger partial charge in [-0.25, -0.2) is 4.79 Å². The molecular formula is C26H22O5. The number of ether oxygens (including phenoxy) is 1.